The number of carbonyl (C=O) groups excluding carboxylic acids is 1. The van der Waals surface area contributed by atoms with E-state index in [1.54, 1.807) is 25.1 Å². The second-order valence-corrected chi connectivity index (χ2v) is 9.55. The molecule has 2 rings (SSSR count). The number of rotatable bonds is 8. The second kappa shape index (κ2) is 18.5. The number of carbonyl (C=O) groups is 1. The van der Waals surface area contributed by atoms with Crippen LogP contribution in [0.5, 0.6) is 5.75 Å². The van der Waals surface area contributed by atoms with Crippen molar-refractivity contribution in [3.05, 3.63) is 89.2 Å². The summed E-state index contributed by atoms with van der Waals surface area (Å²) in [4.78, 5) is 16.7. The topological polar surface area (TPSA) is 85.9 Å². The molecule has 0 aromatic heterocycles. The van der Waals surface area contributed by atoms with Crippen molar-refractivity contribution in [1.82, 2.24) is 4.90 Å². The van der Waals surface area contributed by atoms with Gasteiger partial charge in [-0.25, -0.2) is 8.78 Å². The Morgan fingerprint density at radius 2 is 1.83 bits per heavy atom. The summed E-state index contributed by atoms with van der Waals surface area (Å²) in [5, 5.41) is 18.3. The number of likely N-dealkylation sites (tertiary alicyclic amines) is 1. The van der Waals surface area contributed by atoms with E-state index in [0.29, 0.717) is 17.0 Å². The van der Waals surface area contributed by atoms with Crippen LogP contribution in [0.2, 0.25) is 0 Å². The monoisotopic (exact) mass is 569 g/mol. The van der Waals surface area contributed by atoms with Gasteiger partial charge >= 0.3 is 5.92 Å². The first-order valence-corrected chi connectivity index (χ1v) is 13.6. The van der Waals surface area contributed by atoms with Crippen molar-refractivity contribution in [2.45, 2.75) is 73.8 Å². The molecule has 0 saturated carbocycles. The molecule has 1 atom stereocenters. The maximum absolute atomic E-state index is 14.5. The Kier molecular flexibility index (Phi) is 16.8. The van der Waals surface area contributed by atoms with Crippen LogP contribution in [0.4, 0.5) is 8.78 Å². The average molecular weight is 570 g/mol. The van der Waals surface area contributed by atoms with Gasteiger partial charge < -0.3 is 14.7 Å². The number of ether oxygens (including phenoxy) is 1. The molecular formula is C33H45F2N3O3. The van der Waals surface area contributed by atoms with Crippen molar-refractivity contribution in [1.29, 1.82) is 5.26 Å². The molecule has 1 fully saturated rings. The van der Waals surface area contributed by atoms with Crippen LogP contribution in [-0.4, -0.2) is 53.3 Å². The third kappa shape index (κ3) is 12.9. The van der Waals surface area contributed by atoms with E-state index in [-0.39, 0.29) is 24.3 Å². The molecule has 1 unspecified atom stereocenters. The van der Waals surface area contributed by atoms with Crippen LogP contribution in [0.1, 0.15) is 72.9 Å². The van der Waals surface area contributed by atoms with E-state index in [4.69, 9.17) is 9.84 Å². The molecule has 0 spiro atoms. The lowest BCUT2D eigenvalue weighted by Gasteiger charge is -2.38. The van der Waals surface area contributed by atoms with Crippen LogP contribution in [0, 0.1) is 11.3 Å². The first-order chi connectivity index (χ1) is 19.2. The van der Waals surface area contributed by atoms with Crippen LogP contribution in [0.15, 0.2) is 83.1 Å². The number of alkyl halides is 2. The van der Waals surface area contributed by atoms with Crippen molar-refractivity contribution in [2.75, 3.05) is 19.7 Å². The summed E-state index contributed by atoms with van der Waals surface area (Å²) in [6.45, 7) is 21.8. The molecule has 1 heterocycles. The van der Waals surface area contributed by atoms with Gasteiger partial charge in [0.1, 0.15) is 18.4 Å². The highest BCUT2D eigenvalue weighted by Crippen LogP contribution is 2.32. The fraction of sp³-hybridized carbons (Fsp3) is 0.424. The molecule has 41 heavy (non-hydrogen) atoms. The molecule has 1 aromatic carbocycles. The van der Waals surface area contributed by atoms with E-state index in [1.165, 1.54) is 23.3 Å². The lowest BCUT2D eigenvalue weighted by molar-refractivity contribution is -0.161. The average Bonchev–Trinajstić information content (AvgIpc) is 2.93. The number of hydrogen-bond acceptors (Lipinski definition) is 5. The molecule has 1 amide bonds. The lowest BCUT2D eigenvalue weighted by atomic mass is 10.0. The van der Waals surface area contributed by atoms with Crippen molar-refractivity contribution in [3.63, 3.8) is 0 Å². The van der Waals surface area contributed by atoms with Gasteiger partial charge in [-0.05, 0) is 65.8 Å². The normalized spacial score (nSPS) is 16.1. The van der Waals surface area contributed by atoms with Crippen molar-refractivity contribution in [2.24, 2.45) is 4.99 Å². The lowest BCUT2D eigenvalue weighted by Crippen LogP contribution is -2.55. The maximum Gasteiger partial charge on any atom is 0.301 e. The SMILES string of the molecule is C=C(C)/C=C\C(C)=C(C)C.C=C(C)N=C(/C=C\C)c1ccc(OC2CCN(C(=O)CO)CC2(F)F)c(C#N)c1.CC. The Morgan fingerprint density at radius 1 is 1.20 bits per heavy atom. The number of nitriles is 1. The molecule has 0 bridgehead atoms. The van der Waals surface area contributed by atoms with Gasteiger partial charge in [0.05, 0.1) is 17.8 Å². The molecule has 0 aliphatic carbocycles. The molecule has 1 N–H and O–H groups in total. The number of aliphatic hydroxyl groups excluding tert-OH is 1. The minimum Gasteiger partial charge on any atom is -0.483 e. The standard InChI is InChI=1S/C21H23F2N3O3.C10H16.C2H6/c1-4-5-17(25-14(2)3)15-6-7-18(16(10-15)11-24)29-19-8-9-26(20(28)12-27)13-21(19,22)23;1-8(2)6-7-10(5)9(3)4;1-2/h4-7,10,19,27H,2,8-9,12-13H2,1,3H3;6-7H,1H2,2-5H3;1-2H3/b5-4-,25-17?;7-6-;. The minimum atomic E-state index is -3.31. The van der Waals surface area contributed by atoms with Crippen LogP contribution in [-0.2, 0) is 4.79 Å². The summed E-state index contributed by atoms with van der Waals surface area (Å²) in [6.07, 6.45) is 6.07. The van der Waals surface area contributed by atoms with E-state index in [9.17, 15) is 18.8 Å². The summed E-state index contributed by atoms with van der Waals surface area (Å²) >= 11 is 0. The van der Waals surface area contributed by atoms with Gasteiger partial charge in [0, 0.05) is 24.2 Å². The zero-order valence-corrected chi connectivity index (χ0v) is 25.7. The first-order valence-electron chi connectivity index (χ1n) is 13.6. The molecule has 6 nitrogen and oxygen atoms in total. The number of amides is 1. The van der Waals surface area contributed by atoms with E-state index < -0.39 is 31.1 Å². The van der Waals surface area contributed by atoms with Gasteiger partial charge in [0.25, 0.3) is 0 Å². The highest BCUT2D eigenvalue weighted by atomic mass is 19.3. The molecular weight excluding hydrogens is 524 g/mol. The molecule has 1 aromatic rings. The van der Waals surface area contributed by atoms with E-state index in [2.05, 4.69) is 45.0 Å². The Morgan fingerprint density at radius 3 is 2.29 bits per heavy atom. The number of piperidine rings is 1. The van der Waals surface area contributed by atoms with E-state index >= 15 is 0 Å². The quantitative estimate of drug-likeness (QED) is 0.258. The fourth-order valence-corrected chi connectivity index (χ4v) is 3.41. The Bertz CT molecular complexity index is 1220. The number of aliphatic imine (C=N–C) groups is 1. The van der Waals surface area contributed by atoms with Gasteiger partial charge in [0.2, 0.25) is 5.91 Å². The fourth-order valence-electron chi connectivity index (χ4n) is 3.41. The van der Waals surface area contributed by atoms with Crippen LogP contribution in [0.25, 0.3) is 0 Å². The smallest absolute Gasteiger partial charge is 0.301 e. The highest BCUT2D eigenvalue weighted by Gasteiger charge is 2.47. The van der Waals surface area contributed by atoms with Gasteiger partial charge in [0.15, 0.2) is 6.10 Å². The Balaban J connectivity index is 0.00000113. The molecule has 1 aliphatic heterocycles. The molecule has 1 aliphatic rings. The maximum atomic E-state index is 14.5. The van der Waals surface area contributed by atoms with E-state index in [1.807, 2.05) is 39.8 Å². The molecule has 1 saturated heterocycles. The number of allylic oxidation sites excluding steroid dienone is 8. The third-order valence-electron chi connectivity index (χ3n) is 5.73. The summed E-state index contributed by atoms with van der Waals surface area (Å²) in [5.41, 5.74) is 5.68. The summed E-state index contributed by atoms with van der Waals surface area (Å²) < 4.78 is 34.4. The van der Waals surface area contributed by atoms with Gasteiger partial charge in [-0.15, -0.1) is 0 Å². The predicted octanol–water partition coefficient (Wildman–Crippen LogP) is 7.57. The second-order valence-electron chi connectivity index (χ2n) is 9.55. The summed E-state index contributed by atoms with van der Waals surface area (Å²) in [5.74, 6) is -4.03. The zero-order chi connectivity index (χ0) is 31.8. The number of hydrogen-bond donors (Lipinski definition) is 1. The Labute approximate surface area is 244 Å². The number of nitrogens with zero attached hydrogens (tertiary/aromatic N) is 3. The van der Waals surface area contributed by atoms with Crippen molar-refractivity contribution in [3.8, 4) is 11.8 Å². The van der Waals surface area contributed by atoms with Crippen LogP contribution < -0.4 is 4.74 Å². The molecule has 8 heteroatoms. The summed E-state index contributed by atoms with van der Waals surface area (Å²) in [6, 6.07) is 6.60. The predicted molar refractivity (Wildman–Crippen MR) is 164 cm³/mol. The van der Waals surface area contributed by atoms with Crippen LogP contribution in [0.3, 0.4) is 0 Å². The van der Waals surface area contributed by atoms with E-state index in [0.717, 1.165) is 10.5 Å². The number of aliphatic hydroxyl groups is 1. The largest absolute Gasteiger partial charge is 0.483 e. The zero-order valence-electron chi connectivity index (χ0n) is 25.7. The van der Waals surface area contributed by atoms with Crippen LogP contribution >= 0.6 is 0 Å². The molecule has 224 valence electrons. The first kappa shape index (κ1) is 37.2. The summed E-state index contributed by atoms with van der Waals surface area (Å²) in [7, 11) is 0. The number of benzene rings is 1. The molecule has 0 radical (unpaired) electrons. The Hall–Kier alpha value is -3.83. The minimum absolute atomic E-state index is 0.0380. The van der Waals surface area contributed by atoms with Crippen molar-refractivity contribution >= 4 is 11.6 Å². The number of halogens is 2. The third-order valence-corrected chi connectivity index (χ3v) is 5.73. The highest BCUT2D eigenvalue weighted by molar-refractivity contribution is 6.09. The van der Waals surface area contributed by atoms with Gasteiger partial charge in [-0.3, -0.25) is 9.79 Å². The van der Waals surface area contributed by atoms with Gasteiger partial charge in [-0.1, -0.05) is 62.0 Å². The van der Waals surface area contributed by atoms with Gasteiger partial charge in [-0.2, -0.15) is 5.26 Å². The van der Waals surface area contributed by atoms with Crippen molar-refractivity contribution < 1.29 is 23.4 Å².